The van der Waals surface area contributed by atoms with Gasteiger partial charge in [-0.1, -0.05) is 0 Å². The zero-order chi connectivity index (χ0) is 15.8. The fourth-order valence-corrected chi connectivity index (χ4v) is 3.72. The van der Waals surface area contributed by atoms with Gasteiger partial charge >= 0.3 is 3.26 Å². The average molecular weight is 432 g/mol. The lowest BCUT2D eigenvalue weighted by atomic mass is 10.2. The van der Waals surface area contributed by atoms with Crippen molar-refractivity contribution in [3.63, 3.8) is 0 Å². The van der Waals surface area contributed by atoms with Gasteiger partial charge in [-0.05, 0) is 25.0 Å². The van der Waals surface area contributed by atoms with Gasteiger partial charge in [0.15, 0.2) is 0 Å². The van der Waals surface area contributed by atoms with E-state index in [0.29, 0.717) is 41.7 Å². The second-order valence-electron chi connectivity index (χ2n) is 4.55. The molecule has 1 aliphatic heterocycles. The Balaban J connectivity index is 2.54. The second kappa shape index (κ2) is 5.63. The molecule has 0 spiro atoms. The molecule has 1 aromatic carbocycles. The zero-order valence-electron chi connectivity index (χ0n) is 10.6. The van der Waals surface area contributed by atoms with Crippen LogP contribution in [0.3, 0.4) is 0 Å². The van der Waals surface area contributed by atoms with Gasteiger partial charge in [0.1, 0.15) is 5.69 Å². The number of nitro benzene ring substituents is 1. The first-order valence-corrected chi connectivity index (χ1v) is 8.55. The third kappa shape index (κ3) is 3.10. The first-order valence-electron chi connectivity index (χ1n) is 5.99. The van der Waals surface area contributed by atoms with E-state index in [4.69, 9.17) is 0 Å². The van der Waals surface area contributed by atoms with Gasteiger partial charge in [-0.15, -0.1) is 0 Å². The van der Waals surface area contributed by atoms with Crippen molar-refractivity contribution in [2.45, 2.75) is 21.0 Å². The smallest absolute Gasteiger partial charge is 0.366 e. The maximum atomic E-state index is 13.1. The number of hydrogen-bond donors (Lipinski definition) is 0. The molecule has 0 unspecified atom stereocenters. The monoisotopic (exact) mass is 432 g/mol. The van der Waals surface area contributed by atoms with Crippen molar-refractivity contribution in [3.8, 4) is 0 Å². The minimum absolute atomic E-state index is 0.258. The molecule has 1 aliphatic rings. The van der Waals surface area contributed by atoms with E-state index in [2.05, 4.69) is 0 Å². The molecule has 1 heterocycles. The van der Waals surface area contributed by atoms with Gasteiger partial charge in [-0.3, -0.25) is 10.1 Å². The highest BCUT2D eigenvalue weighted by Gasteiger charge is 2.44. The van der Waals surface area contributed by atoms with Crippen LogP contribution in [-0.2, 0) is 9.84 Å². The summed E-state index contributed by atoms with van der Waals surface area (Å²) in [5, 5.41) is 11.1. The zero-order valence-corrected chi connectivity index (χ0v) is 13.6. The predicted molar refractivity (Wildman–Crippen MR) is 80.7 cm³/mol. The Kier molecular flexibility index (Phi) is 4.38. The molecule has 0 aliphatic carbocycles. The Labute approximate surface area is 133 Å². The second-order valence-corrected chi connectivity index (χ2v) is 8.63. The van der Waals surface area contributed by atoms with Crippen LogP contribution in [0, 0.1) is 10.1 Å². The summed E-state index contributed by atoms with van der Waals surface area (Å²) in [7, 11) is -4.94. The van der Waals surface area contributed by atoms with Crippen LogP contribution in [0.5, 0.6) is 0 Å². The van der Waals surface area contributed by atoms with E-state index in [1.165, 1.54) is 6.07 Å². The number of halogens is 3. The summed E-state index contributed by atoms with van der Waals surface area (Å²) in [5.74, 6) is 0. The Bertz CT molecular complexity index is 669. The first-order chi connectivity index (χ1) is 9.64. The van der Waals surface area contributed by atoms with Crippen LogP contribution in [0.4, 0.5) is 20.2 Å². The average Bonchev–Trinajstić information content (AvgIpc) is 2.90. The van der Waals surface area contributed by atoms with E-state index < -0.39 is 28.6 Å². The summed E-state index contributed by atoms with van der Waals surface area (Å²) < 4.78 is 45.6. The molecule has 0 N–H and O–H groups in total. The maximum Gasteiger partial charge on any atom is 0.398 e. The van der Waals surface area contributed by atoms with Crippen LogP contribution in [0.2, 0.25) is 0 Å². The third-order valence-corrected chi connectivity index (χ3v) is 6.43. The molecule has 0 bridgehead atoms. The summed E-state index contributed by atoms with van der Waals surface area (Å²) in [5.41, 5.74) is -0.216. The van der Waals surface area contributed by atoms with Gasteiger partial charge in [0.05, 0.1) is 9.82 Å². The Morgan fingerprint density at radius 2 is 1.86 bits per heavy atom. The van der Waals surface area contributed by atoms with Gasteiger partial charge in [-0.25, -0.2) is 8.42 Å². The lowest BCUT2D eigenvalue weighted by Gasteiger charge is -2.18. The lowest BCUT2D eigenvalue weighted by Crippen LogP contribution is -2.22. The maximum absolute atomic E-state index is 13.1. The summed E-state index contributed by atoms with van der Waals surface area (Å²) in [6, 6.07) is 2.91. The number of alkyl halides is 3. The highest BCUT2D eigenvalue weighted by atomic mass is 127. The van der Waals surface area contributed by atoms with E-state index in [9.17, 15) is 27.3 Å². The molecule has 0 amide bonds. The molecule has 1 fully saturated rings. The molecule has 116 valence electrons. The number of nitro groups is 1. The number of nitrogens with zero attached hydrogens (tertiary/aromatic N) is 2. The number of rotatable bonds is 4. The van der Waals surface area contributed by atoms with Gasteiger partial charge in [0.25, 0.3) is 15.5 Å². The van der Waals surface area contributed by atoms with Crippen LogP contribution in [0.1, 0.15) is 12.8 Å². The largest absolute Gasteiger partial charge is 0.398 e. The molecule has 21 heavy (non-hydrogen) atoms. The highest BCUT2D eigenvalue weighted by molar-refractivity contribution is 14.1. The molecule has 6 nitrogen and oxygen atoms in total. The van der Waals surface area contributed by atoms with E-state index in [1.807, 2.05) is 0 Å². The topological polar surface area (TPSA) is 80.5 Å². The normalized spacial score (nSPS) is 16.2. The number of anilines is 1. The molecule has 2 rings (SSSR count). The lowest BCUT2D eigenvalue weighted by molar-refractivity contribution is -0.384. The molecule has 0 atom stereocenters. The minimum Gasteiger partial charge on any atom is -0.366 e. The minimum atomic E-state index is -4.94. The van der Waals surface area contributed by atoms with Crippen LogP contribution in [0.15, 0.2) is 23.1 Å². The molecule has 1 saturated heterocycles. The van der Waals surface area contributed by atoms with E-state index in [1.54, 1.807) is 4.90 Å². The molecule has 0 aromatic heterocycles. The van der Waals surface area contributed by atoms with Crippen molar-refractivity contribution >= 4 is 43.8 Å². The van der Waals surface area contributed by atoms with Crippen LogP contribution in [0.25, 0.3) is 0 Å². The first kappa shape index (κ1) is 16.3. The van der Waals surface area contributed by atoms with Crippen molar-refractivity contribution in [1.82, 2.24) is 0 Å². The van der Waals surface area contributed by atoms with Crippen molar-refractivity contribution in [2.75, 3.05) is 18.0 Å². The number of sulfone groups is 1. The quantitative estimate of drug-likeness (QED) is 0.317. The van der Waals surface area contributed by atoms with Gasteiger partial charge in [-0.2, -0.15) is 8.78 Å². The molecular weight excluding hydrogens is 421 g/mol. The molecule has 0 radical (unpaired) electrons. The Morgan fingerprint density at radius 3 is 2.33 bits per heavy atom. The number of hydrogen-bond acceptors (Lipinski definition) is 5. The standard InChI is InChI=1S/C11H11F2IN2O4S/c12-11(13,14)21(19,20)8-3-4-9(10(7-8)16(17)18)15-5-1-2-6-15/h3-4,7H,1-2,5-6H2. The predicted octanol–water partition coefficient (Wildman–Crippen LogP) is 2.95. The fraction of sp³-hybridized carbons (Fsp3) is 0.455. The SMILES string of the molecule is O=[N+]([O-])c1cc(S(=O)(=O)C(F)(F)I)ccc1N1CCCC1. The van der Waals surface area contributed by atoms with Crippen molar-refractivity contribution in [1.29, 1.82) is 0 Å². The van der Waals surface area contributed by atoms with E-state index in [-0.39, 0.29) is 5.69 Å². The van der Waals surface area contributed by atoms with Crippen LogP contribution >= 0.6 is 22.6 Å². The number of benzene rings is 1. The van der Waals surface area contributed by atoms with E-state index in [0.717, 1.165) is 18.9 Å². The van der Waals surface area contributed by atoms with Gasteiger partial charge in [0, 0.05) is 41.7 Å². The van der Waals surface area contributed by atoms with Crippen molar-refractivity contribution < 1.29 is 22.1 Å². The molecular formula is C11H11F2IN2O4S. The fourth-order valence-electron chi connectivity index (χ4n) is 2.18. The summed E-state index contributed by atoms with van der Waals surface area (Å²) >= 11 is 0.497. The molecule has 0 saturated carbocycles. The summed E-state index contributed by atoms with van der Waals surface area (Å²) in [6.07, 6.45) is 1.76. The molecule has 1 aromatic rings. The van der Waals surface area contributed by atoms with E-state index >= 15 is 0 Å². The van der Waals surface area contributed by atoms with Crippen molar-refractivity contribution in [3.05, 3.63) is 28.3 Å². The Morgan fingerprint density at radius 1 is 1.29 bits per heavy atom. The van der Waals surface area contributed by atoms with Crippen LogP contribution in [-0.4, -0.2) is 29.7 Å². The van der Waals surface area contributed by atoms with Gasteiger partial charge < -0.3 is 4.90 Å². The summed E-state index contributed by atoms with van der Waals surface area (Å²) in [4.78, 5) is 11.3. The van der Waals surface area contributed by atoms with Gasteiger partial charge in [0.2, 0.25) is 0 Å². The highest BCUT2D eigenvalue weighted by Crippen LogP contribution is 2.39. The van der Waals surface area contributed by atoms with Crippen molar-refractivity contribution in [2.24, 2.45) is 0 Å². The third-order valence-electron chi connectivity index (χ3n) is 3.21. The Hall–Kier alpha value is -1.04. The van der Waals surface area contributed by atoms with Crippen LogP contribution < -0.4 is 4.90 Å². The molecule has 10 heteroatoms. The summed E-state index contributed by atoms with van der Waals surface area (Å²) in [6.45, 7) is 1.24.